The van der Waals surface area contributed by atoms with Crippen molar-refractivity contribution in [1.29, 1.82) is 0 Å². The van der Waals surface area contributed by atoms with Gasteiger partial charge in [0, 0.05) is 5.02 Å². The molecular formula is C13H14BrClN2O. The van der Waals surface area contributed by atoms with Gasteiger partial charge in [0.25, 0.3) is 5.56 Å². The number of hydrogen-bond donors (Lipinski definition) is 1. The monoisotopic (exact) mass is 328 g/mol. The molecule has 0 spiro atoms. The number of H-pyrrole nitrogens is 1. The maximum atomic E-state index is 12.1. The summed E-state index contributed by atoms with van der Waals surface area (Å²) in [7, 11) is 0. The van der Waals surface area contributed by atoms with Crippen molar-refractivity contribution in [3.63, 3.8) is 0 Å². The minimum Gasteiger partial charge on any atom is -0.294 e. The third kappa shape index (κ3) is 2.70. The Morgan fingerprint density at radius 3 is 2.78 bits per heavy atom. The maximum Gasteiger partial charge on any atom is 0.285 e. The van der Waals surface area contributed by atoms with Crippen molar-refractivity contribution in [2.75, 3.05) is 0 Å². The summed E-state index contributed by atoms with van der Waals surface area (Å²) in [4.78, 5) is 12.1. The highest BCUT2D eigenvalue weighted by molar-refractivity contribution is 9.10. The molecule has 0 amide bonds. The fourth-order valence-corrected chi connectivity index (χ4v) is 2.41. The highest BCUT2D eigenvalue weighted by Gasteiger charge is 2.13. The molecule has 5 heteroatoms. The van der Waals surface area contributed by atoms with E-state index in [1.165, 1.54) is 4.68 Å². The first-order chi connectivity index (χ1) is 8.49. The molecule has 0 aliphatic rings. The Hall–Kier alpha value is -1.00. The second kappa shape index (κ2) is 5.33. The van der Waals surface area contributed by atoms with Crippen molar-refractivity contribution in [3.8, 4) is 5.69 Å². The molecule has 1 aromatic carbocycles. The van der Waals surface area contributed by atoms with E-state index in [1.54, 1.807) is 12.1 Å². The summed E-state index contributed by atoms with van der Waals surface area (Å²) in [5.41, 5.74) is 1.56. The predicted molar refractivity (Wildman–Crippen MR) is 77.6 cm³/mol. The lowest BCUT2D eigenvalue weighted by atomic mass is 10.1. The van der Waals surface area contributed by atoms with Crippen LogP contribution in [0.25, 0.3) is 5.69 Å². The van der Waals surface area contributed by atoms with Gasteiger partial charge in [0.15, 0.2) is 0 Å². The normalized spacial score (nSPS) is 11.2. The molecule has 96 valence electrons. The topological polar surface area (TPSA) is 37.8 Å². The van der Waals surface area contributed by atoms with Crippen molar-refractivity contribution in [1.82, 2.24) is 9.78 Å². The van der Waals surface area contributed by atoms with Crippen molar-refractivity contribution in [2.45, 2.75) is 20.3 Å². The molecule has 1 N–H and O–H groups in total. The van der Waals surface area contributed by atoms with Crippen molar-refractivity contribution in [3.05, 3.63) is 49.8 Å². The van der Waals surface area contributed by atoms with Crippen LogP contribution in [-0.2, 0) is 6.42 Å². The van der Waals surface area contributed by atoms with Crippen LogP contribution in [-0.4, -0.2) is 9.78 Å². The van der Waals surface area contributed by atoms with E-state index in [1.807, 2.05) is 12.1 Å². The van der Waals surface area contributed by atoms with Crippen LogP contribution in [0.5, 0.6) is 0 Å². The minimum absolute atomic E-state index is 0.0899. The molecule has 2 aromatic rings. The summed E-state index contributed by atoms with van der Waals surface area (Å²) in [6.07, 6.45) is 0.823. The molecule has 0 bridgehead atoms. The van der Waals surface area contributed by atoms with E-state index >= 15 is 0 Å². The summed E-state index contributed by atoms with van der Waals surface area (Å²) >= 11 is 9.28. The van der Waals surface area contributed by atoms with E-state index in [0.717, 1.165) is 17.8 Å². The van der Waals surface area contributed by atoms with E-state index in [2.05, 4.69) is 34.9 Å². The van der Waals surface area contributed by atoms with Crippen molar-refractivity contribution in [2.24, 2.45) is 5.92 Å². The van der Waals surface area contributed by atoms with Crippen molar-refractivity contribution >= 4 is 27.5 Å². The highest BCUT2D eigenvalue weighted by atomic mass is 79.9. The van der Waals surface area contributed by atoms with E-state index in [-0.39, 0.29) is 5.56 Å². The van der Waals surface area contributed by atoms with Crippen LogP contribution in [0.1, 0.15) is 19.5 Å². The van der Waals surface area contributed by atoms with Crippen LogP contribution in [0.4, 0.5) is 0 Å². The van der Waals surface area contributed by atoms with Gasteiger partial charge in [-0.15, -0.1) is 0 Å². The standard InChI is InChI=1S/C13H14BrClN2O/c1-8(2)6-11-12(14)13(18)17(16-11)10-5-3-4-9(15)7-10/h3-5,7-8,16H,6H2,1-2H3. The molecular weight excluding hydrogens is 316 g/mol. The number of benzene rings is 1. The maximum absolute atomic E-state index is 12.1. The number of rotatable bonds is 3. The zero-order chi connectivity index (χ0) is 13.3. The SMILES string of the molecule is CC(C)Cc1[nH]n(-c2cccc(Cl)c2)c(=O)c1Br. The quantitative estimate of drug-likeness (QED) is 0.914. The average Bonchev–Trinajstić information content (AvgIpc) is 2.57. The third-order valence-corrected chi connectivity index (χ3v) is 3.63. The first kappa shape index (κ1) is 13.4. The zero-order valence-electron chi connectivity index (χ0n) is 10.2. The second-order valence-electron chi connectivity index (χ2n) is 4.62. The highest BCUT2D eigenvalue weighted by Crippen LogP contribution is 2.18. The summed E-state index contributed by atoms with van der Waals surface area (Å²) in [6, 6.07) is 7.20. The molecule has 0 aliphatic heterocycles. The molecule has 2 rings (SSSR count). The van der Waals surface area contributed by atoms with Gasteiger partial charge in [-0.1, -0.05) is 31.5 Å². The molecule has 0 radical (unpaired) electrons. The molecule has 0 saturated heterocycles. The second-order valence-corrected chi connectivity index (χ2v) is 5.85. The first-order valence-corrected chi connectivity index (χ1v) is 6.91. The fourth-order valence-electron chi connectivity index (χ4n) is 1.80. The Kier molecular flexibility index (Phi) is 3.97. The Bertz CT molecular complexity index is 616. The predicted octanol–water partition coefficient (Wildman–Crippen LogP) is 3.78. The Morgan fingerprint density at radius 1 is 1.44 bits per heavy atom. The van der Waals surface area contributed by atoms with Gasteiger partial charge in [0.2, 0.25) is 0 Å². The smallest absolute Gasteiger partial charge is 0.285 e. The van der Waals surface area contributed by atoms with Gasteiger partial charge in [-0.25, -0.2) is 4.68 Å². The largest absolute Gasteiger partial charge is 0.294 e. The van der Waals surface area contributed by atoms with Crippen LogP contribution < -0.4 is 5.56 Å². The lowest BCUT2D eigenvalue weighted by Crippen LogP contribution is -2.14. The number of halogens is 2. The van der Waals surface area contributed by atoms with Gasteiger partial charge in [-0.2, -0.15) is 0 Å². The van der Waals surface area contributed by atoms with Gasteiger partial charge in [0.05, 0.1) is 11.4 Å². The van der Waals surface area contributed by atoms with Crippen LogP contribution >= 0.6 is 27.5 Å². The van der Waals surface area contributed by atoms with E-state index < -0.39 is 0 Å². The number of hydrogen-bond acceptors (Lipinski definition) is 1. The summed E-state index contributed by atoms with van der Waals surface area (Å²) in [5.74, 6) is 0.479. The van der Waals surface area contributed by atoms with Gasteiger partial charge in [-0.05, 0) is 46.5 Å². The molecule has 1 aromatic heterocycles. The van der Waals surface area contributed by atoms with E-state index in [0.29, 0.717) is 15.4 Å². The van der Waals surface area contributed by atoms with Gasteiger partial charge >= 0.3 is 0 Å². The lowest BCUT2D eigenvalue weighted by Gasteiger charge is -2.04. The van der Waals surface area contributed by atoms with Gasteiger partial charge in [-0.3, -0.25) is 9.89 Å². The molecule has 0 aliphatic carbocycles. The first-order valence-electron chi connectivity index (χ1n) is 5.74. The number of aromatic amines is 1. The molecule has 1 heterocycles. The van der Waals surface area contributed by atoms with Gasteiger partial charge < -0.3 is 0 Å². The summed E-state index contributed by atoms with van der Waals surface area (Å²) < 4.78 is 2.10. The van der Waals surface area contributed by atoms with E-state index in [9.17, 15) is 4.79 Å². The molecule has 0 fully saturated rings. The van der Waals surface area contributed by atoms with Crippen LogP contribution in [0, 0.1) is 5.92 Å². The summed E-state index contributed by atoms with van der Waals surface area (Å²) in [5, 5.41) is 3.73. The van der Waals surface area contributed by atoms with Crippen LogP contribution in [0.15, 0.2) is 33.5 Å². The molecule has 3 nitrogen and oxygen atoms in total. The van der Waals surface area contributed by atoms with Crippen molar-refractivity contribution < 1.29 is 0 Å². The Balaban J connectivity index is 2.49. The molecule has 18 heavy (non-hydrogen) atoms. The zero-order valence-corrected chi connectivity index (χ0v) is 12.5. The van der Waals surface area contributed by atoms with E-state index in [4.69, 9.17) is 11.6 Å². The number of nitrogens with one attached hydrogen (secondary N) is 1. The molecule has 0 unspecified atom stereocenters. The number of aromatic nitrogens is 2. The fraction of sp³-hybridized carbons (Fsp3) is 0.308. The Morgan fingerprint density at radius 2 is 2.17 bits per heavy atom. The lowest BCUT2D eigenvalue weighted by molar-refractivity contribution is 0.626. The summed E-state index contributed by atoms with van der Waals surface area (Å²) in [6.45, 7) is 4.23. The Labute approximate surface area is 119 Å². The van der Waals surface area contributed by atoms with Gasteiger partial charge in [0.1, 0.15) is 4.47 Å². The third-order valence-electron chi connectivity index (χ3n) is 2.58. The van der Waals surface area contributed by atoms with Crippen LogP contribution in [0.2, 0.25) is 5.02 Å². The minimum atomic E-state index is -0.0899. The molecule has 0 atom stereocenters. The average molecular weight is 330 g/mol. The molecule has 0 saturated carbocycles. The van der Waals surface area contributed by atoms with Crippen LogP contribution in [0.3, 0.4) is 0 Å². The number of nitrogens with zero attached hydrogens (tertiary/aromatic N) is 1.